The SMILES string of the molecule is CCNC(=NCC1(C)CCCO1)NCC(c1ccccc1OC)N(C)C.I. The molecule has 1 aliphatic heterocycles. The molecule has 0 saturated carbocycles. The van der Waals surface area contributed by atoms with Gasteiger partial charge in [-0.2, -0.15) is 0 Å². The number of rotatable bonds is 8. The van der Waals surface area contributed by atoms with Gasteiger partial charge in [0.25, 0.3) is 0 Å². The number of halogens is 1. The molecule has 2 unspecified atom stereocenters. The van der Waals surface area contributed by atoms with Crippen molar-refractivity contribution >= 4 is 29.9 Å². The summed E-state index contributed by atoms with van der Waals surface area (Å²) in [5, 5.41) is 6.81. The van der Waals surface area contributed by atoms with Gasteiger partial charge in [0.05, 0.1) is 25.3 Å². The molecule has 0 amide bonds. The zero-order chi connectivity index (χ0) is 19.0. The van der Waals surface area contributed by atoms with E-state index in [0.29, 0.717) is 6.54 Å². The highest BCUT2D eigenvalue weighted by Crippen LogP contribution is 2.27. The number of hydrogen-bond acceptors (Lipinski definition) is 4. The first kappa shape index (κ1) is 24.0. The van der Waals surface area contributed by atoms with Crippen LogP contribution in [0.15, 0.2) is 29.3 Å². The van der Waals surface area contributed by atoms with Gasteiger partial charge in [0, 0.05) is 25.3 Å². The summed E-state index contributed by atoms with van der Waals surface area (Å²) in [6.45, 7) is 7.29. The maximum absolute atomic E-state index is 5.85. The van der Waals surface area contributed by atoms with Crippen molar-refractivity contribution in [3.05, 3.63) is 29.8 Å². The highest BCUT2D eigenvalue weighted by Gasteiger charge is 2.29. The molecule has 154 valence electrons. The molecule has 1 heterocycles. The molecule has 1 aromatic rings. The van der Waals surface area contributed by atoms with Crippen LogP contribution in [0.4, 0.5) is 0 Å². The van der Waals surface area contributed by atoms with E-state index in [0.717, 1.165) is 49.8 Å². The molecule has 2 rings (SSSR count). The summed E-state index contributed by atoms with van der Waals surface area (Å²) in [4.78, 5) is 6.94. The van der Waals surface area contributed by atoms with Crippen molar-refractivity contribution in [1.29, 1.82) is 0 Å². The maximum Gasteiger partial charge on any atom is 0.191 e. The average Bonchev–Trinajstić information content (AvgIpc) is 3.06. The second-order valence-corrected chi connectivity index (χ2v) is 7.20. The van der Waals surface area contributed by atoms with Gasteiger partial charge in [-0.3, -0.25) is 4.99 Å². The fraction of sp³-hybridized carbons (Fsp3) is 0.650. The Kier molecular flexibility index (Phi) is 10.4. The molecule has 0 radical (unpaired) electrons. The number of nitrogens with one attached hydrogen (secondary N) is 2. The highest BCUT2D eigenvalue weighted by atomic mass is 127. The van der Waals surface area contributed by atoms with Gasteiger partial charge in [-0.1, -0.05) is 18.2 Å². The van der Waals surface area contributed by atoms with E-state index in [9.17, 15) is 0 Å². The van der Waals surface area contributed by atoms with E-state index in [1.54, 1.807) is 7.11 Å². The van der Waals surface area contributed by atoms with E-state index in [1.807, 2.05) is 18.2 Å². The fourth-order valence-corrected chi connectivity index (χ4v) is 3.26. The van der Waals surface area contributed by atoms with Crippen molar-refractivity contribution in [1.82, 2.24) is 15.5 Å². The van der Waals surface area contributed by atoms with Crippen molar-refractivity contribution in [2.75, 3.05) is 47.4 Å². The lowest BCUT2D eigenvalue weighted by Crippen LogP contribution is -2.43. The van der Waals surface area contributed by atoms with Gasteiger partial charge in [-0.05, 0) is 46.9 Å². The Labute approximate surface area is 181 Å². The minimum absolute atomic E-state index is 0. The molecule has 2 N–H and O–H groups in total. The summed E-state index contributed by atoms with van der Waals surface area (Å²) < 4.78 is 11.4. The number of methoxy groups -OCH3 is 1. The van der Waals surface area contributed by atoms with Gasteiger partial charge in [0.1, 0.15) is 5.75 Å². The smallest absolute Gasteiger partial charge is 0.191 e. The topological polar surface area (TPSA) is 58.1 Å². The molecule has 27 heavy (non-hydrogen) atoms. The Morgan fingerprint density at radius 3 is 2.67 bits per heavy atom. The molecule has 0 bridgehead atoms. The molecule has 0 aromatic heterocycles. The molecule has 1 aromatic carbocycles. The first-order chi connectivity index (χ1) is 12.5. The van der Waals surface area contributed by atoms with Gasteiger partial charge in [0.15, 0.2) is 5.96 Å². The zero-order valence-corrected chi connectivity index (χ0v) is 19.6. The van der Waals surface area contributed by atoms with Gasteiger partial charge in [-0.25, -0.2) is 0 Å². The van der Waals surface area contributed by atoms with Crippen LogP contribution in [0.25, 0.3) is 0 Å². The van der Waals surface area contributed by atoms with E-state index in [2.05, 4.69) is 49.5 Å². The monoisotopic (exact) mass is 490 g/mol. The predicted molar refractivity (Wildman–Crippen MR) is 122 cm³/mol. The Bertz CT molecular complexity index is 589. The summed E-state index contributed by atoms with van der Waals surface area (Å²) in [6, 6.07) is 8.34. The van der Waals surface area contributed by atoms with Crippen LogP contribution in [0.2, 0.25) is 0 Å². The summed E-state index contributed by atoms with van der Waals surface area (Å²) in [7, 11) is 5.87. The van der Waals surface area contributed by atoms with E-state index >= 15 is 0 Å². The number of aliphatic imine (C=N–C) groups is 1. The molecule has 1 saturated heterocycles. The number of benzene rings is 1. The van der Waals surface area contributed by atoms with Gasteiger partial charge >= 0.3 is 0 Å². The van der Waals surface area contributed by atoms with Crippen molar-refractivity contribution < 1.29 is 9.47 Å². The number of ether oxygens (including phenoxy) is 2. The third kappa shape index (κ3) is 7.12. The highest BCUT2D eigenvalue weighted by molar-refractivity contribution is 14.0. The van der Waals surface area contributed by atoms with Crippen LogP contribution in [0, 0.1) is 0 Å². The summed E-state index contributed by atoms with van der Waals surface area (Å²) in [5.74, 6) is 1.73. The molecule has 0 spiro atoms. The fourth-order valence-electron chi connectivity index (χ4n) is 3.26. The molecule has 6 nitrogen and oxygen atoms in total. The van der Waals surface area contributed by atoms with Crippen LogP contribution in [0.1, 0.15) is 38.3 Å². The van der Waals surface area contributed by atoms with Crippen molar-refractivity contribution in [3.8, 4) is 5.75 Å². The second kappa shape index (κ2) is 11.7. The normalized spacial score (nSPS) is 20.9. The third-order valence-corrected chi connectivity index (χ3v) is 4.80. The average molecular weight is 490 g/mol. The Morgan fingerprint density at radius 2 is 2.07 bits per heavy atom. The summed E-state index contributed by atoms with van der Waals surface area (Å²) in [6.07, 6.45) is 2.18. The van der Waals surface area contributed by atoms with Crippen molar-refractivity contribution in [2.45, 2.75) is 38.3 Å². The van der Waals surface area contributed by atoms with Crippen LogP contribution < -0.4 is 15.4 Å². The first-order valence-electron chi connectivity index (χ1n) is 9.44. The van der Waals surface area contributed by atoms with Gasteiger partial charge < -0.3 is 25.0 Å². The third-order valence-electron chi connectivity index (χ3n) is 4.80. The van der Waals surface area contributed by atoms with E-state index in [4.69, 9.17) is 14.5 Å². The van der Waals surface area contributed by atoms with Crippen LogP contribution in [0.3, 0.4) is 0 Å². The lowest BCUT2D eigenvalue weighted by Gasteiger charge is -2.27. The Morgan fingerprint density at radius 1 is 1.33 bits per heavy atom. The summed E-state index contributed by atoms with van der Waals surface area (Å²) >= 11 is 0. The summed E-state index contributed by atoms with van der Waals surface area (Å²) in [5.41, 5.74) is 1.03. The maximum atomic E-state index is 5.85. The largest absolute Gasteiger partial charge is 0.496 e. The molecular formula is C20H35IN4O2. The number of likely N-dealkylation sites (N-methyl/N-ethyl adjacent to an activating group) is 1. The van der Waals surface area contributed by atoms with Gasteiger partial charge in [0.2, 0.25) is 0 Å². The van der Waals surface area contributed by atoms with E-state index in [1.165, 1.54) is 0 Å². The minimum atomic E-state index is -0.133. The van der Waals surface area contributed by atoms with Crippen LogP contribution >= 0.6 is 24.0 Å². The van der Waals surface area contributed by atoms with E-state index in [-0.39, 0.29) is 35.6 Å². The van der Waals surface area contributed by atoms with Crippen LogP contribution in [0.5, 0.6) is 5.75 Å². The predicted octanol–water partition coefficient (Wildman–Crippen LogP) is 3.04. The molecule has 2 atom stereocenters. The molecule has 7 heteroatoms. The number of guanidine groups is 1. The lowest BCUT2D eigenvalue weighted by molar-refractivity contribution is 0.0283. The standard InChI is InChI=1S/C20H34N4O2.HI/c1-6-21-19(23-15-20(2)12-9-13-26-20)22-14-17(24(3)4)16-10-7-8-11-18(16)25-5;/h7-8,10-11,17H,6,9,12-15H2,1-5H3,(H2,21,22,23);1H. The van der Waals surface area contributed by atoms with Crippen molar-refractivity contribution in [2.24, 2.45) is 4.99 Å². The van der Waals surface area contributed by atoms with Crippen LogP contribution in [-0.4, -0.2) is 63.9 Å². The number of nitrogens with zero attached hydrogens (tertiary/aromatic N) is 2. The molecule has 1 aliphatic rings. The Hall–Kier alpha value is -1.06. The lowest BCUT2D eigenvalue weighted by atomic mass is 10.0. The van der Waals surface area contributed by atoms with E-state index < -0.39 is 0 Å². The molecule has 0 aliphatic carbocycles. The molecule has 1 fully saturated rings. The van der Waals surface area contributed by atoms with Crippen LogP contribution in [-0.2, 0) is 4.74 Å². The molecular weight excluding hydrogens is 455 g/mol. The Balaban J connectivity index is 0.00000364. The number of para-hydroxylation sites is 1. The minimum Gasteiger partial charge on any atom is -0.496 e. The zero-order valence-electron chi connectivity index (χ0n) is 17.2. The quantitative estimate of drug-likeness (QED) is 0.334. The first-order valence-corrected chi connectivity index (χ1v) is 9.44. The number of hydrogen-bond donors (Lipinski definition) is 2. The van der Waals surface area contributed by atoms with Crippen molar-refractivity contribution in [3.63, 3.8) is 0 Å². The second-order valence-electron chi connectivity index (χ2n) is 7.20. The van der Waals surface area contributed by atoms with Gasteiger partial charge in [-0.15, -0.1) is 24.0 Å².